The number of fused-ring (bicyclic) bond motifs is 2. The molecule has 6 nitrogen and oxygen atoms in total. The van der Waals surface area contributed by atoms with Gasteiger partial charge >= 0.3 is 0 Å². The fourth-order valence-corrected chi connectivity index (χ4v) is 4.65. The summed E-state index contributed by atoms with van der Waals surface area (Å²) in [6, 6.07) is 15.5. The number of aliphatic hydroxyl groups is 1. The summed E-state index contributed by atoms with van der Waals surface area (Å²) in [6.45, 7) is 0.581. The first kappa shape index (κ1) is 18.6. The number of anilines is 1. The molecule has 1 unspecified atom stereocenters. The van der Waals surface area contributed by atoms with Gasteiger partial charge in [0, 0.05) is 34.6 Å². The lowest BCUT2D eigenvalue weighted by atomic mass is 9.92. The number of hydrogen-bond donors (Lipinski definition) is 3. The van der Waals surface area contributed by atoms with Crippen molar-refractivity contribution in [2.45, 2.75) is 31.9 Å². The van der Waals surface area contributed by atoms with Crippen LogP contribution in [0.2, 0.25) is 0 Å². The number of rotatable bonds is 3. The van der Waals surface area contributed by atoms with Crippen LogP contribution in [0.1, 0.15) is 46.8 Å². The minimum atomic E-state index is -0.150. The van der Waals surface area contributed by atoms with E-state index in [1.54, 1.807) is 12.1 Å². The molecule has 30 heavy (non-hydrogen) atoms. The topological polar surface area (TPSA) is 95.2 Å². The predicted molar refractivity (Wildman–Crippen MR) is 118 cm³/mol. The average molecular weight is 400 g/mol. The van der Waals surface area contributed by atoms with Crippen LogP contribution < -0.4 is 5.73 Å². The van der Waals surface area contributed by atoms with Gasteiger partial charge in [0.15, 0.2) is 0 Å². The smallest absolute Gasteiger partial charge is 0.254 e. The number of carbonyl (C=O) groups excluding carboxylic acids is 1. The van der Waals surface area contributed by atoms with E-state index in [0.717, 1.165) is 36.7 Å². The van der Waals surface area contributed by atoms with Gasteiger partial charge < -0.3 is 20.7 Å². The maximum atomic E-state index is 13.6. The van der Waals surface area contributed by atoms with Gasteiger partial charge in [-0.15, -0.1) is 0 Å². The first-order valence-electron chi connectivity index (χ1n) is 10.3. The summed E-state index contributed by atoms with van der Waals surface area (Å²) in [5.74, 6) is 0.371. The molecule has 1 saturated heterocycles. The van der Waals surface area contributed by atoms with Gasteiger partial charge in [0.2, 0.25) is 0 Å². The maximum absolute atomic E-state index is 13.6. The number of benzene rings is 2. The van der Waals surface area contributed by atoms with Crippen molar-refractivity contribution in [3.05, 3.63) is 71.4 Å². The highest BCUT2D eigenvalue weighted by Crippen LogP contribution is 2.36. The Morgan fingerprint density at radius 3 is 2.93 bits per heavy atom. The second kappa shape index (κ2) is 7.46. The molecule has 1 aliphatic heterocycles. The molecule has 1 amide bonds. The minimum Gasteiger partial charge on any atom is -0.392 e. The van der Waals surface area contributed by atoms with Crippen molar-refractivity contribution in [1.82, 2.24) is 14.9 Å². The molecule has 3 heterocycles. The van der Waals surface area contributed by atoms with Crippen LogP contribution >= 0.6 is 0 Å². The van der Waals surface area contributed by atoms with Crippen LogP contribution in [0.4, 0.5) is 5.82 Å². The highest BCUT2D eigenvalue weighted by Gasteiger charge is 2.30. The summed E-state index contributed by atoms with van der Waals surface area (Å²) in [5.41, 5.74) is 10.1. The Bertz CT molecular complexity index is 1250. The van der Waals surface area contributed by atoms with Crippen molar-refractivity contribution in [2.24, 2.45) is 0 Å². The number of hydrogen-bond acceptors (Lipinski definition) is 4. The fourth-order valence-electron chi connectivity index (χ4n) is 4.65. The molecule has 1 atom stereocenters. The van der Waals surface area contributed by atoms with E-state index in [9.17, 15) is 9.90 Å². The molecule has 1 aliphatic rings. The molecule has 0 spiro atoms. The van der Waals surface area contributed by atoms with Gasteiger partial charge in [0.05, 0.1) is 18.2 Å². The van der Waals surface area contributed by atoms with E-state index in [1.165, 1.54) is 10.9 Å². The highest BCUT2D eigenvalue weighted by atomic mass is 16.3. The van der Waals surface area contributed by atoms with Crippen LogP contribution in [-0.4, -0.2) is 32.4 Å². The second-order valence-electron chi connectivity index (χ2n) is 7.89. The number of aromatic nitrogens is 2. The molecule has 2 aromatic carbocycles. The molecule has 5 rings (SSSR count). The van der Waals surface area contributed by atoms with Gasteiger partial charge in [-0.1, -0.05) is 12.1 Å². The lowest BCUT2D eigenvalue weighted by molar-refractivity contribution is 0.0613. The molecular formula is C24H24N4O2. The van der Waals surface area contributed by atoms with Crippen molar-refractivity contribution in [3.8, 4) is 0 Å². The van der Waals surface area contributed by atoms with E-state index >= 15 is 0 Å². The van der Waals surface area contributed by atoms with Crippen molar-refractivity contribution >= 4 is 33.5 Å². The van der Waals surface area contributed by atoms with Crippen LogP contribution in [0, 0.1) is 0 Å². The van der Waals surface area contributed by atoms with Gasteiger partial charge in [-0.25, -0.2) is 4.98 Å². The number of amides is 1. The molecule has 0 aliphatic carbocycles. The number of aliphatic hydroxyl groups excluding tert-OH is 1. The quantitative estimate of drug-likeness (QED) is 0.481. The molecule has 4 N–H and O–H groups in total. The third-order valence-corrected chi connectivity index (χ3v) is 6.08. The highest BCUT2D eigenvalue weighted by molar-refractivity contribution is 5.99. The van der Waals surface area contributed by atoms with E-state index in [0.29, 0.717) is 22.5 Å². The number of pyridine rings is 1. The van der Waals surface area contributed by atoms with E-state index < -0.39 is 0 Å². The zero-order valence-electron chi connectivity index (χ0n) is 16.6. The predicted octanol–water partition coefficient (Wildman–Crippen LogP) is 4.16. The molecule has 4 aromatic rings. The van der Waals surface area contributed by atoms with Crippen LogP contribution in [0.15, 0.2) is 54.7 Å². The summed E-state index contributed by atoms with van der Waals surface area (Å²) in [6.07, 6.45) is 4.99. The zero-order valence-corrected chi connectivity index (χ0v) is 16.6. The summed E-state index contributed by atoms with van der Waals surface area (Å²) in [7, 11) is 0. The number of nitrogens with one attached hydrogen (secondary N) is 1. The molecule has 2 aromatic heterocycles. The van der Waals surface area contributed by atoms with Crippen molar-refractivity contribution < 1.29 is 9.90 Å². The number of aromatic amines is 1. The second-order valence-corrected chi connectivity index (χ2v) is 7.89. The van der Waals surface area contributed by atoms with Crippen LogP contribution in [-0.2, 0) is 6.61 Å². The number of H-pyrrole nitrogens is 1. The zero-order chi connectivity index (χ0) is 20.7. The first-order valence-corrected chi connectivity index (χ1v) is 10.3. The minimum absolute atomic E-state index is 0.00912. The van der Waals surface area contributed by atoms with E-state index in [4.69, 9.17) is 5.73 Å². The third-order valence-electron chi connectivity index (χ3n) is 6.08. The van der Waals surface area contributed by atoms with Gasteiger partial charge in [-0.05, 0) is 66.8 Å². The maximum Gasteiger partial charge on any atom is 0.254 e. The van der Waals surface area contributed by atoms with Crippen LogP contribution in [0.25, 0.3) is 21.8 Å². The largest absolute Gasteiger partial charge is 0.392 e. The molecule has 1 fully saturated rings. The monoisotopic (exact) mass is 400 g/mol. The van der Waals surface area contributed by atoms with Gasteiger partial charge in [0.25, 0.3) is 5.91 Å². The number of piperidine rings is 1. The first-order chi connectivity index (χ1) is 14.7. The number of nitrogens with zero attached hydrogens (tertiary/aromatic N) is 2. The number of likely N-dealkylation sites (tertiary alicyclic amines) is 1. The van der Waals surface area contributed by atoms with Gasteiger partial charge in [-0.2, -0.15) is 0 Å². The summed E-state index contributed by atoms with van der Waals surface area (Å²) < 4.78 is 0. The Morgan fingerprint density at radius 1 is 1.17 bits per heavy atom. The molecule has 0 saturated carbocycles. The number of nitrogens with two attached hydrogens (primary N) is 1. The van der Waals surface area contributed by atoms with E-state index in [1.807, 2.05) is 29.3 Å². The Labute approximate surface area is 174 Å². The van der Waals surface area contributed by atoms with Gasteiger partial charge in [0.1, 0.15) is 5.82 Å². The molecule has 0 radical (unpaired) electrons. The van der Waals surface area contributed by atoms with Crippen LogP contribution in [0.3, 0.4) is 0 Å². The Balaban J connectivity index is 1.55. The number of nitrogen functional groups attached to an aromatic ring is 1. The Hall–Kier alpha value is -3.38. The van der Waals surface area contributed by atoms with Crippen molar-refractivity contribution in [3.63, 3.8) is 0 Å². The Morgan fingerprint density at radius 2 is 2.07 bits per heavy atom. The molecule has 152 valence electrons. The van der Waals surface area contributed by atoms with Gasteiger partial charge in [-0.3, -0.25) is 4.79 Å². The molecule has 0 bridgehead atoms. The lowest BCUT2D eigenvalue weighted by Gasteiger charge is -2.36. The lowest BCUT2D eigenvalue weighted by Crippen LogP contribution is -2.38. The van der Waals surface area contributed by atoms with Crippen molar-refractivity contribution in [2.75, 3.05) is 12.3 Å². The molecule has 6 heteroatoms. The number of carbonyl (C=O) groups is 1. The third kappa shape index (κ3) is 3.09. The summed E-state index contributed by atoms with van der Waals surface area (Å²) >= 11 is 0. The standard InChI is InChI=1S/C24H24N4O2/c25-23-13-16(14-29)19-12-15(7-8-21(19)27-23)24(30)28-11-2-1-6-22(28)18-4-3-5-20-17(18)9-10-26-20/h3-5,7-10,12-13,22,26,29H,1-2,6,11,14H2,(H2,25,27). The van der Waals surface area contributed by atoms with Crippen molar-refractivity contribution in [1.29, 1.82) is 0 Å². The molecular weight excluding hydrogens is 376 g/mol. The van der Waals surface area contributed by atoms with Crippen LogP contribution in [0.5, 0.6) is 0 Å². The van der Waals surface area contributed by atoms with E-state index in [2.05, 4.69) is 28.2 Å². The summed E-state index contributed by atoms with van der Waals surface area (Å²) in [4.78, 5) is 23.2. The fraction of sp³-hybridized carbons (Fsp3) is 0.250. The SMILES string of the molecule is Nc1cc(CO)c2cc(C(=O)N3CCCCC3c3cccc4[nH]ccc34)ccc2n1. The van der Waals surface area contributed by atoms with E-state index in [-0.39, 0.29) is 18.6 Å². The Kier molecular flexibility index (Phi) is 4.64. The average Bonchev–Trinajstić information content (AvgIpc) is 3.27. The normalized spacial score (nSPS) is 17.0. The summed E-state index contributed by atoms with van der Waals surface area (Å²) in [5, 5.41) is 11.7.